The highest BCUT2D eigenvalue weighted by molar-refractivity contribution is 5.74. The minimum absolute atomic E-state index is 0.0296. The zero-order chi connectivity index (χ0) is 17.1. The quantitative estimate of drug-likeness (QED) is 0.751. The van der Waals surface area contributed by atoms with Crippen molar-refractivity contribution in [2.45, 2.75) is 38.4 Å². The first-order valence-corrected chi connectivity index (χ1v) is 7.56. The number of carbonyl (C=O) groups is 1. The van der Waals surface area contributed by atoms with Crippen LogP contribution in [-0.2, 0) is 12.6 Å². The van der Waals surface area contributed by atoms with E-state index in [0.717, 1.165) is 18.9 Å². The van der Waals surface area contributed by atoms with E-state index < -0.39 is 23.8 Å². The monoisotopic (exact) mass is 330 g/mol. The van der Waals surface area contributed by atoms with Gasteiger partial charge in [0, 0.05) is 18.0 Å². The lowest BCUT2D eigenvalue weighted by atomic mass is 10.0. The van der Waals surface area contributed by atoms with Crippen molar-refractivity contribution >= 4 is 6.03 Å². The molecule has 4 nitrogen and oxygen atoms in total. The van der Waals surface area contributed by atoms with E-state index in [9.17, 15) is 23.1 Å². The molecule has 1 aliphatic carbocycles. The maximum atomic E-state index is 12.9. The molecular weight excluding hydrogens is 309 g/mol. The SMILES string of the molecule is CC(Cc1ccccc1C(F)(F)F)NC(=O)NCC1(CO)CC1. The Balaban J connectivity index is 1.87. The molecule has 23 heavy (non-hydrogen) atoms. The minimum atomic E-state index is -4.40. The van der Waals surface area contributed by atoms with Crippen LogP contribution in [0.1, 0.15) is 30.9 Å². The van der Waals surface area contributed by atoms with Gasteiger partial charge in [-0.05, 0) is 37.8 Å². The molecule has 2 rings (SSSR count). The first-order valence-electron chi connectivity index (χ1n) is 7.56. The molecule has 1 aromatic carbocycles. The molecule has 1 saturated carbocycles. The van der Waals surface area contributed by atoms with Gasteiger partial charge in [0.2, 0.25) is 0 Å². The fraction of sp³-hybridized carbons (Fsp3) is 0.562. The van der Waals surface area contributed by atoms with Gasteiger partial charge in [0.1, 0.15) is 0 Å². The lowest BCUT2D eigenvalue weighted by molar-refractivity contribution is -0.138. The van der Waals surface area contributed by atoms with Crippen molar-refractivity contribution in [3.05, 3.63) is 35.4 Å². The molecule has 0 bridgehead atoms. The van der Waals surface area contributed by atoms with Gasteiger partial charge >= 0.3 is 12.2 Å². The number of amides is 2. The van der Waals surface area contributed by atoms with Crippen LogP contribution in [0.15, 0.2) is 24.3 Å². The normalized spacial score (nSPS) is 17.4. The third-order valence-electron chi connectivity index (χ3n) is 4.14. The Bertz CT molecular complexity index is 557. The third kappa shape index (κ3) is 4.86. The molecule has 0 spiro atoms. The van der Waals surface area contributed by atoms with Crippen LogP contribution in [0.2, 0.25) is 0 Å². The van der Waals surface area contributed by atoms with Crippen molar-refractivity contribution in [1.29, 1.82) is 0 Å². The molecule has 1 atom stereocenters. The number of alkyl halides is 3. The summed E-state index contributed by atoms with van der Waals surface area (Å²) in [6.07, 6.45) is -2.57. The fourth-order valence-corrected chi connectivity index (χ4v) is 2.47. The van der Waals surface area contributed by atoms with E-state index in [1.54, 1.807) is 13.0 Å². The summed E-state index contributed by atoms with van der Waals surface area (Å²) in [4.78, 5) is 11.8. The Labute approximate surface area is 133 Å². The summed E-state index contributed by atoms with van der Waals surface area (Å²) in [7, 11) is 0. The van der Waals surface area contributed by atoms with Crippen LogP contribution < -0.4 is 10.6 Å². The summed E-state index contributed by atoms with van der Waals surface area (Å²) in [5.41, 5.74) is -0.725. The minimum Gasteiger partial charge on any atom is -0.396 e. The Morgan fingerprint density at radius 3 is 2.57 bits per heavy atom. The largest absolute Gasteiger partial charge is 0.416 e. The molecule has 0 heterocycles. The molecule has 0 radical (unpaired) electrons. The van der Waals surface area contributed by atoms with Gasteiger partial charge in [-0.2, -0.15) is 13.2 Å². The number of aliphatic hydroxyl groups excluding tert-OH is 1. The second-order valence-corrected chi connectivity index (χ2v) is 6.25. The third-order valence-corrected chi connectivity index (χ3v) is 4.14. The van der Waals surface area contributed by atoms with Gasteiger partial charge in [0.05, 0.1) is 12.2 Å². The average Bonchev–Trinajstić information content (AvgIpc) is 3.25. The number of nitrogens with one attached hydrogen (secondary N) is 2. The van der Waals surface area contributed by atoms with E-state index in [1.165, 1.54) is 12.1 Å². The van der Waals surface area contributed by atoms with Crippen molar-refractivity contribution in [1.82, 2.24) is 10.6 Å². The maximum absolute atomic E-state index is 12.9. The second-order valence-electron chi connectivity index (χ2n) is 6.25. The van der Waals surface area contributed by atoms with Crippen LogP contribution in [0.5, 0.6) is 0 Å². The molecule has 1 unspecified atom stereocenters. The van der Waals surface area contributed by atoms with Crippen molar-refractivity contribution < 1.29 is 23.1 Å². The number of rotatable bonds is 6. The summed E-state index contributed by atoms with van der Waals surface area (Å²) in [5, 5.41) is 14.5. The predicted octanol–water partition coefficient (Wildman–Crippen LogP) is 2.71. The fourth-order valence-electron chi connectivity index (χ4n) is 2.47. The Morgan fingerprint density at radius 2 is 2.00 bits per heavy atom. The van der Waals surface area contributed by atoms with E-state index >= 15 is 0 Å². The molecule has 1 aromatic rings. The zero-order valence-electron chi connectivity index (χ0n) is 12.9. The van der Waals surface area contributed by atoms with Crippen LogP contribution in [0, 0.1) is 5.41 Å². The summed E-state index contributed by atoms with van der Waals surface area (Å²) in [5.74, 6) is 0. The maximum Gasteiger partial charge on any atom is 0.416 e. The molecule has 0 saturated heterocycles. The molecule has 128 valence electrons. The van der Waals surface area contributed by atoms with E-state index in [4.69, 9.17) is 0 Å². The summed E-state index contributed by atoms with van der Waals surface area (Å²) >= 11 is 0. The van der Waals surface area contributed by atoms with Gasteiger partial charge in [-0.3, -0.25) is 0 Å². The van der Waals surface area contributed by atoms with Crippen LogP contribution in [0.4, 0.5) is 18.0 Å². The molecule has 3 N–H and O–H groups in total. The van der Waals surface area contributed by atoms with Crippen LogP contribution in [0.25, 0.3) is 0 Å². The molecule has 1 aliphatic rings. The number of halogens is 3. The van der Waals surface area contributed by atoms with E-state index in [-0.39, 0.29) is 24.0 Å². The number of benzene rings is 1. The molecule has 1 fully saturated rings. The number of carbonyl (C=O) groups excluding carboxylic acids is 1. The number of hydrogen-bond donors (Lipinski definition) is 3. The van der Waals surface area contributed by atoms with Crippen molar-refractivity contribution in [3.8, 4) is 0 Å². The van der Waals surface area contributed by atoms with Crippen LogP contribution in [0.3, 0.4) is 0 Å². The Morgan fingerprint density at radius 1 is 1.35 bits per heavy atom. The molecular formula is C16H21F3N2O2. The van der Waals surface area contributed by atoms with Gasteiger partial charge in [-0.15, -0.1) is 0 Å². The first kappa shape index (κ1) is 17.6. The number of aliphatic hydroxyl groups is 1. The predicted molar refractivity (Wildman–Crippen MR) is 79.9 cm³/mol. The van der Waals surface area contributed by atoms with E-state index in [1.807, 2.05) is 0 Å². The highest BCUT2D eigenvalue weighted by Crippen LogP contribution is 2.44. The summed E-state index contributed by atoms with van der Waals surface area (Å²) in [6, 6.07) is 4.49. The van der Waals surface area contributed by atoms with Gasteiger partial charge in [-0.1, -0.05) is 18.2 Å². The zero-order valence-corrected chi connectivity index (χ0v) is 12.9. The lowest BCUT2D eigenvalue weighted by Gasteiger charge is -2.19. The standard InChI is InChI=1S/C16H21F3N2O2/c1-11(21-14(23)20-9-15(10-22)6-7-15)8-12-4-2-3-5-13(12)16(17,18)19/h2-5,11,22H,6-10H2,1H3,(H2,20,21,23). The highest BCUT2D eigenvalue weighted by atomic mass is 19.4. The second kappa shape index (κ2) is 6.78. The summed E-state index contributed by atoms with van der Waals surface area (Å²) < 4.78 is 38.8. The Hall–Kier alpha value is -1.76. The van der Waals surface area contributed by atoms with Gasteiger partial charge in [0.15, 0.2) is 0 Å². The lowest BCUT2D eigenvalue weighted by Crippen LogP contribution is -2.44. The summed E-state index contributed by atoms with van der Waals surface area (Å²) in [6.45, 7) is 2.06. The highest BCUT2D eigenvalue weighted by Gasteiger charge is 2.42. The van der Waals surface area contributed by atoms with Gasteiger partial charge < -0.3 is 15.7 Å². The van der Waals surface area contributed by atoms with Crippen LogP contribution >= 0.6 is 0 Å². The smallest absolute Gasteiger partial charge is 0.396 e. The molecule has 7 heteroatoms. The number of urea groups is 1. The van der Waals surface area contributed by atoms with Crippen LogP contribution in [-0.4, -0.2) is 30.3 Å². The first-order chi connectivity index (χ1) is 10.8. The van der Waals surface area contributed by atoms with E-state index in [0.29, 0.717) is 6.54 Å². The van der Waals surface area contributed by atoms with Crippen molar-refractivity contribution in [3.63, 3.8) is 0 Å². The molecule has 2 amide bonds. The molecule has 0 aromatic heterocycles. The van der Waals surface area contributed by atoms with Crippen molar-refractivity contribution in [2.24, 2.45) is 5.41 Å². The number of hydrogen-bond acceptors (Lipinski definition) is 2. The van der Waals surface area contributed by atoms with E-state index in [2.05, 4.69) is 10.6 Å². The Kier molecular flexibility index (Phi) is 5.19. The topological polar surface area (TPSA) is 61.4 Å². The molecule has 0 aliphatic heterocycles. The average molecular weight is 330 g/mol. The van der Waals surface area contributed by atoms with Crippen molar-refractivity contribution in [2.75, 3.05) is 13.2 Å². The van der Waals surface area contributed by atoms with Gasteiger partial charge in [-0.25, -0.2) is 4.79 Å². The van der Waals surface area contributed by atoms with Gasteiger partial charge in [0.25, 0.3) is 0 Å².